The fraction of sp³-hybridized carbons (Fsp3) is 0.125. The summed E-state index contributed by atoms with van der Waals surface area (Å²) in [6.45, 7) is 0. The summed E-state index contributed by atoms with van der Waals surface area (Å²) in [5.41, 5.74) is 0.588. The van der Waals surface area contributed by atoms with Crippen LogP contribution in [0.4, 0.5) is 10.5 Å². The third kappa shape index (κ3) is 1.29. The molecule has 1 aromatic rings. The van der Waals surface area contributed by atoms with Gasteiger partial charge in [0.05, 0.1) is 5.69 Å². The average Bonchev–Trinajstić information content (AvgIpc) is 2.48. The minimum Gasteiger partial charge on any atom is -0.353 e. The van der Waals surface area contributed by atoms with Gasteiger partial charge in [0.25, 0.3) is 6.35 Å². The molecular formula is C8H7N3O2. The third-order valence-corrected chi connectivity index (χ3v) is 1.72. The van der Waals surface area contributed by atoms with Gasteiger partial charge in [0, 0.05) is 0 Å². The predicted octanol–water partition coefficient (Wildman–Crippen LogP) is 1.35. The number of para-hydroxylation sites is 1. The van der Waals surface area contributed by atoms with Crippen LogP contribution in [0.1, 0.15) is 0 Å². The van der Waals surface area contributed by atoms with Crippen LogP contribution in [0.25, 0.3) is 0 Å². The number of hydrogen-bond donors (Lipinski definition) is 1. The fourth-order valence-corrected chi connectivity index (χ4v) is 1.13. The summed E-state index contributed by atoms with van der Waals surface area (Å²) in [6.07, 6.45) is -1.19. The number of aliphatic hydroxyl groups excluding tert-OH is 1. The highest BCUT2D eigenvalue weighted by Gasteiger charge is 2.28. The molecule has 5 heteroatoms. The quantitative estimate of drug-likeness (QED) is 0.703. The van der Waals surface area contributed by atoms with Crippen molar-refractivity contribution in [3.05, 3.63) is 30.3 Å². The molecule has 2 rings (SSSR count). The number of azo groups is 1. The van der Waals surface area contributed by atoms with Crippen molar-refractivity contribution >= 4 is 11.7 Å². The SMILES string of the molecule is O=C1N=NC(O)N1c1ccccc1. The highest BCUT2D eigenvalue weighted by Crippen LogP contribution is 2.21. The van der Waals surface area contributed by atoms with E-state index in [2.05, 4.69) is 10.2 Å². The molecule has 0 radical (unpaired) electrons. The van der Waals surface area contributed by atoms with Gasteiger partial charge in [-0.15, -0.1) is 5.11 Å². The van der Waals surface area contributed by atoms with Gasteiger partial charge in [-0.25, -0.2) is 9.69 Å². The molecule has 1 aliphatic heterocycles. The first-order chi connectivity index (χ1) is 6.29. The number of aliphatic hydroxyl groups is 1. The van der Waals surface area contributed by atoms with E-state index in [-0.39, 0.29) is 0 Å². The Bertz CT molecular complexity index is 350. The Morgan fingerprint density at radius 3 is 2.54 bits per heavy atom. The second-order valence-electron chi connectivity index (χ2n) is 2.55. The first-order valence-corrected chi connectivity index (χ1v) is 3.76. The van der Waals surface area contributed by atoms with Crippen LogP contribution >= 0.6 is 0 Å². The maximum atomic E-state index is 11.1. The van der Waals surface area contributed by atoms with Crippen molar-refractivity contribution in [3.63, 3.8) is 0 Å². The van der Waals surface area contributed by atoms with E-state index in [0.29, 0.717) is 5.69 Å². The monoisotopic (exact) mass is 177 g/mol. The maximum absolute atomic E-state index is 11.1. The van der Waals surface area contributed by atoms with E-state index in [0.717, 1.165) is 4.90 Å². The molecule has 1 aliphatic rings. The zero-order chi connectivity index (χ0) is 9.26. The lowest BCUT2D eigenvalue weighted by atomic mass is 10.3. The number of benzene rings is 1. The van der Waals surface area contributed by atoms with Crippen molar-refractivity contribution in [3.8, 4) is 0 Å². The highest BCUT2D eigenvalue weighted by atomic mass is 16.3. The van der Waals surface area contributed by atoms with Gasteiger partial charge in [0.1, 0.15) is 0 Å². The van der Waals surface area contributed by atoms with Crippen molar-refractivity contribution < 1.29 is 9.90 Å². The lowest BCUT2D eigenvalue weighted by Gasteiger charge is -2.16. The maximum Gasteiger partial charge on any atom is 0.370 e. The standard InChI is InChI=1S/C8H7N3O2/c12-7-9-10-8(13)11(7)6-4-2-1-3-5-6/h1-5,7,12H. The number of anilines is 1. The van der Waals surface area contributed by atoms with E-state index in [1.54, 1.807) is 24.3 Å². The van der Waals surface area contributed by atoms with Gasteiger partial charge in [0.15, 0.2) is 0 Å². The Morgan fingerprint density at radius 2 is 2.00 bits per heavy atom. The van der Waals surface area contributed by atoms with Crippen LogP contribution < -0.4 is 4.90 Å². The van der Waals surface area contributed by atoms with Crippen LogP contribution in [0, 0.1) is 0 Å². The molecule has 0 aliphatic carbocycles. The van der Waals surface area contributed by atoms with Gasteiger partial charge < -0.3 is 5.11 Å². The van der Waals surface area contributed by atoms with Crippen molar-refractivity contribution in [2.75, 3.05) is 4.90 Å². The number of carbonyl (C=O) groups is 1. The number of hydrogen-bond acceptors (Lipinski definition) is 3. The van der Waals surface area contributed by atoms with Crippen molar-refractivity contribution in [2.45, 2.75) is 6.35 Å². The molecule has 2 amide bonds. The van der Waals surface area contributed by atoms with Gasteiger partial charge in [-0.1, -0.05) is 23.3 Å². The van der Waals surface area contributed by atoms with E-state index < -0.39 is 12.4 Å². The summed E-state index contributed by atoms with van der Waals surface area (Å²) >= 11 is 0. The Labute approximate surface area is 74.3 Å². The fourth-order valence-electron chi connectivity index (χ4n) is 1.13. The lowest BCUT2D eigenvalue weighted by molar-refractivity contribution is 0.188. The molecule has 0 saturated heterocycles. The van der Waals surface area contributed by atoms with Crippen molar-refractivity contribution in [2.24, 2.45) is 10.2 Å². The third-order valence-electron chi connectivity index (χ3n) is 1.72. The molecule has 1 heterocycles. The summed E-state index contributed by atoms with van der Waals surface area (Å²) < 4.78 is 0. The summed E-state index contributed by atoms with van der Waals surface area (Å²) in [6, 6.07) is 8.24. The Hall–Kier alpha value is -1.75. The van der Waals surface area contributed by atoms with Crippen LogP contribution in [0.3, 0.4) is 0 Å². The lowest BCUT2D eigenvalue weighted by Crippen LogP contribution is -2.32. The topological polar surface area (TPSA) is 65.3 Å². The zero-order valence-corrected chi connectivity index (χ0v) is 6.66. The molecule has 0 saturated carbocycles. The number of carbonyl (C=O) groups excluding carboxylic acids is 1. The molecule has 13 heavy (non-hydrogen) atoms. The second-order valence-corrected chi connectivity index (χ2v) is 2.55. The van der Waals surface area contributed by atoms with Gasteiger partial charge in [-0.05, 0) is 12.1 Å². The van der Waals surface area contributed by atoms with Crippen LogP contribution in [-0.4, -0.2) is 17.5 Å². The molecule has 1 unspecified atom stereocenters. The van der Waals surface area contributed by atoms with Crippen LogP contribution in [0.15, 0.2) is 40.6 Å². The minimum atomic E-state index is -1.19. The van der Waals surface area contributed by atoms with Crippen molar-refractivity contribution in [1.29, 1.82) is 0 Å². The summed E-state index contributed by atoms with van der Waals surface area (Å²) in [7, 11) is 0. The molecule has 0 spiro atoms. The number of nitrogens with zero attached hydrogens (tertiary/aromatic N) is 3. The number of rotatable bonds is 1. The zero-order valence-electron chi connectivity index (χ0n) is 6.66. The van der Waals surface area contributed by atoms with E-state index in [1.807, 2.05) is 6.07 Å². The molecule has 66 valence electrons. The minimum absolute atomic E-state index is 0.543. The molecule has 0 bridgehead atoms. The highest BCUT2D eigenvalue weighted by molar-refractivity contribution is 5.93. The van der Waals surface area contributed by atoms with Gasteiger partial charge in [-0.2, -0.15) is 0 Å². The smallest absolute Gasteiger partial charge is 0.353 e. The van der Waals surface area contributed by atoms with Crippen LogP contribution in [-0.2, 0) is 0 Å². The predicted molar refractivity (Wildman–Crippen MR) is 45.2 cm³/mol. The molecule has 0 aromatic heterocycles. The van der Waals surface area contributed by atoms with E-state index in [9.17, 15) is 9.90 Å². The summed E-state index contributed by atoms with van der Waals surface area (Å²) in [4.78, 5) is 12.2. The second kappa shape index (κ2) is 2.95. The molecule has 0 fully saturated rings. The largest absolute Gasteiger partial charge is 0.370 e. The average molecular weight is 177 g/mol. The van der Waals surface area contributed by atoms with Crippen LogP contribution in [0.2, 0.25) is 0 Å². The number of amides is 2. The molecule has 1 aromatic carbocycles. The van der Waals surface area contributed by atoms with Crippen LogP contribution in [0.5, 0.6) is 0 Å². The van der Waals surface area contributed by atoms with Crippen molar-refractivity contribution in [1.82, 2.24) is 0 Å². The summed E-state index contributed by atoms with van der Waals surface area (Å²) in [5, 5.41) is 15.8. The summed E-state index contributed by atoms with van der Waals surface area (Å²) in [5.74, 6) is 0. The van der Waals surface area contributed by atoms with E-state index in [4.69, 9.17) is 0 Å². The van der Waals surface area contributed by atoms with Gasteiger partial charge in [0.2, 0.25) is 0 Å². The molecule has 1 N–H and O–H groups in total. The molecule has 5 nitrogen and oxygen atoms in total. The van der Waals surface area contributed by atoms with Gasteiger partial charge >= 0.3 is 6.03 Å². The number of urea groups is 1. The first-order valence-electron chi connectivity index (χ1n) is 3.76. The van der Waals surface area contributed by atoms with E-state index in [1.165, 1.54) is 0 Å². The molecular weight excluding hydrogens is 170 g/mol. The Morgan fingerprint density at radius 1 is 1.31 bits per heavy atom. The Balaban J connectivity index is 2.33. The molecule has 1 atom stereocenters. The van der Waals surface area contributed by atoms with E-state index >= 15 is 0 Å². The van der Waals surface area contributed by atoms with Gasteiger partial charge in [-0.3, -0.25) is 0 Å². The Kier molecular flexibility index (Phi) is 1.79. The first kappa shape index (κ1) is 7.88. The normalized spacial score (nSPS) is 21.2.